The van der Waals surface area contributed by atoms with Crippen molar-refractivity contribution in [2.45, 2.75) is 12.7 Å². The Morgan fingerprint density at radius 2 is 1.77 bits per heavy atom. The summed E-state index contributed by atoms with van der Waals surface area (Å²) in [5, 5.41) is 6.21. The molecule has 26 heavy (non-hydrogen) atoms. The maximum Gasteiger partial charge on any atom is 0.435 e. The van der Waals surface area contributed by atoms with Gasteiger partial charge in [-0.1, -0.05) is 6.07 Å². The molecule has 0 aliphatic heterocycles. The normalized spacial score (nSPS) is 11.6. The number of nitrogens with one attached hydrogen (secondary N) is 1. The van der Waals surface area contributed by atoms with Gasteiger partial charge in [-0.2, -0.15) is 18.3 Å². The standard InChI is InChI=1S/C17H13F5N4/c1-26-14(7-15(25-26)17(20,21)22)10-5-6-16(23-8-10)24-9-11-12(18)3-2-4-13(11)19/h2-8H,9H2,1H3,(H,23,24). The fourth-order valence-corrected chi connectivity index (χ4v) is 2.41. The Bertz CT molecular complexity index is 896. The van der Waals surface area contributed by atoms with E-state index in [1.54, 1.807) is 6.07 Å². The number of nitrogens with zero attached hydrogens (tertiary/aromatic N) is 3. The molecular formula is C17H13F5N4. The second-order valence-corrected chi connectivity index (χ2v) is 5.52. The molecule has 1 aromatic carbocycles. The third-order valence-electron chi connectivity index (χ3n) is 3.74. The van der Waals surface area contributed by atoms with Gasteiger partial charge in [0.2, 0.25) is 0 Å². The van der Waals surface area contributed by atoms with Crippen molar-refractivity contribution in [3.63, 3.8) is 0 Å². The van der Waals surface area contributed by atoms with Gasteiger partial charge in [0, 0.05) is 30.9 Å². The average Bonchev–Trinajstić information content (AvgIpc) is 2.97. The summed E-state index contributed by atoms with van der Waals surface area (Å²) in [6.07, 6.45) is -3.17. The molecule has 0 fully saturated rings. The van der Waals surface area contributed by atoms with Crippen molar-refractivity contribution in [1.29, 1.82) is 0 Å². The number of rotatable bonds is 4. The van der Waals surface area contributed by atoms with Crippen LogP contribution in [0.1, 0.15) is 11.3 Å². The lowest BCUT2D eigenvalue weighted by Gasteiger charge is -2.08. The number of hydrogen-bond acceptors (Lipinski definition) is 3. The highest BCUT2D eigenvalue weighted by Crippen LogP contribution is 2.31. The molecule has 4 nitrogen and oxygen atoms in total. The second kappa shape index (κ2) is 6.74. The van der Waals surface area contributed by atoms with Gasteiger partial charge in [-0.15, -0.1) is 0 Å². The van der Waals surface area contributed by atoms with E-state index in [4.69, 9.17) is 0 Å². The highest BCUT2D eigenvalue weighted by molar-refractivity contribution is 5.60. The molecule has 0 bridgehead atoms. The van der Waals surface area contributed by atoms with E-state index >= 15 is 0 Å². The number of benzene rings is 1. The third kappa shape index (κ3) is 3.66. The molecule has 3 aromatic rings. The number of halogens is 5. The topological polar surface area (TPSA) is 42.7 Å². The smallest absolute Gasteiger partial charge is 0.366 e. The molecule has 1 N–H and O–H groups in total. The van der Waals surface area contributed by atoms with Crippen LogP contribution in [0.3, 0.4) is 0 Å². The molecule has 0 amide bonds. The molecule has 0 unspecified atom stereocenters. The number of aromatic nitrogens is 3. The summed E-state index contributed by atoms with van der Waals surface area (Å²) in [6.45, 7) is -0.116. The zero-order chi connectivity index (χ0) is 18.9. The molecular weight excluding hydrogens is 355 g/mol. The highest BCUT2D eigenvalue weighted by Gasteiger charge is 2.34. The van der Waals surface area contributed by atoms with Gasteiger partial charge in [0.25, 0.3) is 0 Å². The van der Waals surface area contributed by atoms with Crippen molar-refractivity contribution in [1.82, 2.24) is 14.8 Å². The largest absolute Gasteiger partial charge is 0.435 e. The SMILES string of the molecule is Cn1nc(C(F)(F)F)cc1-c1ccc(NCc2c(F)cccc2F)nc1. The van der Waals surface area contributed by atoms with Gasteiger partial charge in [0.15, 0.2) is 5.69 Å². The van der Waals surface area contributed by atoms with E-state index in [-0.39, 0.29) is 17.8 Å². The Balaban J connectivity index is 1.76. The third-order valence-corrected chi connectivity index (χ3v) is 3.74. The Hall–Kier alpha value is -2.97. The predicted molar refractivity (Wildman–Crippen MR) is 85.1 cm³/mol. The van der Waals surface area contributed by atoms with Crippen LogP contribution in [0.2, 0.25) is 0 Å². The molecule has 0 atom stereocenters. The minimum absolute atomic E-state index is 0.116. The van der Waals surface area contributed by atoms with E-state index in [2.05, 4.69) is 15.4 Å². The van der Waals surface area contributed by atoms with Crippen LogP contribution in [0.25, 0.3) is 11.3 Å². The second-order valence-electron chi connectivity index (χ2n) is 5.52. The van der Waals surface area contributed by atoms with Crippen LogP contribution in [0.4, 0.5) is 27.8 Å². The van der Waals surface area contributed by atoms with Gasteiger partial charge >= 0.3 is 6.18 Å². The lowest BCUT2D eigenvalue weighted by molar-refractivity contribution is -0.141. The molecule has 0 radical (unpaired) electrons. The van der Waals surface area contributed by atoms with Crippen LogP contribution in [0.15, 0.2) is 42.6 Å². The molecule has 2 aromatic heterocycles. The van der Waals surface area contributed by atoms with Crippen molar-refractivity contribution in [2.24, 2.45) is 7.05 Å². The molecule has 9 heteroatoms. The van der Waals surface area contributed by atoms with E-state index in [9.17, 15) is 22.0 Å². The van der Waals surface area contributed by atoms with Crippen molar-refractivity contribution in [2.75, 3.05) is 5.32 Å². The minimum atomic E-state index is -4.53. The first kappa shape index (κ1) is 17.8. The molecule has 3 rings (SSSR count). The Morgan fingerprint density at radius 1 is 1.08 bits per heavy atom. The maximum absolute atomic E-state index is 13.6. The number of aryl methyl sites for hydroxylation is 1. The molecule has 0 aliphatic rings. The fraction of sp³-hybridized carbons (Fsp3) is 0.176. The van der Waals surface area contributed by atoms with Gasteiger partial charge in [0.1, 0.15) is 17.5 Å². The molecule has 2 heterocycles. The minimum Gasteiger partial charge on any atom is -0.366 e. The van der Waals surface area contributed by atoms with Crippen LogP contribution in [-0.4, -0.2) is 14.8 Å². The van der Waals surface area contributed by atoms with E-state index in [0.29, 0.717) is 11.4 Å². The van der Waals surface area contributed by atoms with Crippen molar-refractivity contribution in [3.8, 4) is 11.3 Å². The van der Waals surface area contributed by atoms with Gasteiger partial charge in [0.05, 0.1) is 5.69 Å². The summed E-state index contributed by atoms with van der Waals surface area (Å²) in [6, 6.07) is 7.55. The molecule has 0 saturated heterocycles. The van der Waals surface area contributed by atoms with Crippen molar-refractivity contribution in [3.05, 3.63) is 65.5 Å². The lowest BCUT2D eigenvalue weighted by Crippen LogP contribution is -2.06. The molecule has 0 saturated carbocycles. The fourth-order valence-electron chi connectivity index (χ4n) is 2.41. The van der Waals surface area contributed by atoms with Crippen LogP contribution in [0, 0.1) is 11.6 Å². The first-order chi connectivity index (χ1) is 12.3. The number of hydrogen-bond donors (Lipinski definition) is 1. The lowest BCUT2D eigenvalue weighted by atomic mass is 10.2. The van der Waals surface area contributed by atoms with Crippen LogP contribution < -0.4 is 5.32 Å². The summed E-state index contributed by atoms with van der Waals surface area (Å²) in [7, 11) is 1.40. The first-order valence-corrected chi connectivity index (χ1v) is 7.50. The first-order valence-electron chi connectivity index (χ1n) is 7.50. The number of alkyl halides is 3. The van der Waals surface area contributed by atoms with Crippen molar-refractivity contribution < 1.29 is 22.0 Å². The summed E-state index contributed by atoms with van der Waals surface area (Å²) in [4.78, 5) is 4.06. The van der Waals surface area contributed by atoms with Crippen LogP contribution in [0.5, 0.6) is 0 Å². The summed E-state index contributed by atoms with van der Waals surface area (Å²) in [5.41, 5.74) is -0.443. The van der Waals surface area contributed by atoms with Gasteiger partial charge in [-0.25, -0.2) is 13.8 Å². The average molecular weight is 368 g/mol. The van der Waals surface area contributed by atoms with Crippen LogP contribution >= 0.6 is 0 Å². The molecule has 136 valence electrons. The van der Waals surface area contributed by atoms with Gasteiger partial charge in [-0.3, -0.25) is 4.68 Å². The quantitative estimate of drug-likeness (QED) is 0.695. The zero-order valence-corrected chi connectivity index (χ0v) is 13.5. The summed E-state index contributed by atoms with van der Waals surface area (Å²) >= 11 is 0. The van der Waals surface area contributed by atoms with E-state index < -0.39 is 23.5 Å². The summed E-state index contributed by atoms with van der Waals surface area (Å²) < 4.78 is 66.4. The number of pyridine rings is 1. The van der Waals surface area contributed by atoms with E-state index in [1.165, 1.54) is 25.4 Å². The van der Waals surface area contributed by atoms with E-state index in [0.717, 1.165) is 22.9 Å². The Morgan fingerprint density at radius 3 is 2.31 bits per heavy atom. The predicted octanol–water partition coefficient (Wildman–Crippen LogP) is 4.39. The highest BCUT2D eigenvalue weighted by atomic mass is 19.4. The van der Waals surface area contributed by atoms with Gasteiger partial charge < -0.3 is 5.32 Å². The van der Waals surface area contributed by atoms with Gasteiger partial charge in [-0.05, 0) is 30.3 Å². The Kier molecular flexibility index (Phi) is 4.62. The molecule has 0 aliphatic carbocycles. The monoisotopic (exact) mass is 368 g/mol. The summed E-state index contributed by atoms with van der Waals surface area (Å²) in [5.74, 6) is -1.03. The maximum atomic E-state index is 13.6. The number of anilines is 1. The zero-order valence-electron chi connectivity index (χ0n) is 13.5. The molecule has 0 spiro atoms. The van der Waals surface area contributed by atoms with Crippen LogP contribution in [-0.2, 0) is 19.8 Å². The Labute approximate surface area is 145 Å². The van der Waals surface area contributed by atoms with Crippen molar-refractivity contribution >= 4 is 5.82 Å². The van der Waals surface area contributed by atoms with E-state index in [1.807, 2.05) is 0 Å².